The Kier molecular flexibility index (Phi) is 4.83. The molecule has 25 heavy (non-hydrogen) atoms. The lowest BCUT2D eigenvalue weighted by atomic mass is 10.1. The molecule has 1 aliphatic rings. The maximum Gasteiger partial charge on any atom is 0.251 e. The highest BCUT2D eigenvalue weighted by Crippen LogP contribution is 2.25. The molecule has 1 fully saturated rings. The van der Waals surface area contributed by atoms with Gasteiger partial charge in [-0.05, 0) is 50.2 Å². The van der Waals surface area contributed by atoms with E-state index in [4.69, 9.17) is 0 Å². The number of hydrogen-bond donors (Lipinski definition) is 1. The van der Waals surface area contributed by atoms with E-state index < -0.39 is 0 Å². The second-order valence-electron chi connectivity index (χ2n) is 6.64. The van der Waals surface area contributed by atoms with Crippen LogP contribution in [-0.2, 0) is 4.79 Å². The molecule has 0 saturated carbocycles. The van der Waals surface area contributed by atoms with E-state index in [2.05, 4.69) is 5.32 Å². The highest BCUT2D eigenvalue weighted by Gasteiger charge is 2.30. The third-order valence-corrected chi connectivity index (χ3v) is 4.38. The van der Waals surface area contributed by atoms with Crippen LogP contribution in [0, 0.1) is 25.6 Å². The van der Waals surface area contributed by atoms with Crippen molar-refractivity contribution in [2.75, 3.05) is 18.0 Å². The molecule has 1 atom stereocenters. The molecule has 3 rings (SSSR count). The van der Waals surface area contributed by atoms with E-state index in [1.807, 2.05) is 32.0 Å². The predicted molar refractivity (Wildman–Crippen MR) is 95.1 cm³/mol. The summed E-state index contributed by atoms with van der Waals surface area (Å²) in [5.41, 5.74) is 3.42. The fourth-order valence-electron chi connectivity index (χ4n) is 3.23. The van der Waals surface area contributed by atoms with Gasteiger partial charge in [0.05, 0.1) is 0 Å². The first kappa shape index (κ1) is 17.1. The second-order valence-corrected chi connectivity index (χ2v) is 6.64. The van der Waals surface area contributed by atoms with Crippen LogP contribution in [0.4, 0.5) is 10.1 Å². The van der Waals surface area contributed by atoms with Crippen molar-refractivity contribution < 1.29 is 14.0 Å². The first-order chi connectivity index (χ1) is 11.9. The molecule has 2 aromatic rings. The van der Waals surface area contributed by atoms with Gasteiger partial charge in [0.2, 0.25) is 5.91 Å². The standard InChI is InChI=1S/C20H21FN2O2/c1-13-7-14(2)9-16(8-13)20(25)22-11-15-10-19(24)23(12-15)18-5-3-17(21)4-6-18/h3-9,15H,10-12H2,1-2H3,(H,22,25). The third-order valence-electron chi connectivity index (χ3n) is 4.38. The fourth-order valence-corrected chi connectivity index (χ4v) is 3.23. The summed E-state index contributed by atoms with van der Waals surface area (Å²) in [4.78, 5) is 26.2. The molecule has 1 heterocycles. The minimum absolute atomic E-state index is 0.00254. The molecule has 0 aliphatic carbocycles. The monoisotopic (exact) mass is 340 g/mol. The molecule has 0 aromatic heterocycles. The Balaban J connectivity index is 1.60. The molecule has 1 N–H and O–H groups in total. The van der Waals surface area contributed by atoms with E-state index in [9.17, 15) is 14.0 Å². The van der Waals surface area contributed by atoms with Gasteiger partial charge in [0.25, 0.3) is 5.91 Å². The highest BCUT2D eigenvalue weighted by atomic mass is 19.1. The van der Waals surface area contributed by atoms with Gasteiger partial charge in [0.1, 0.15) is 5.82 Å². The number of carbonyl (C=O) groups excluding carboxylic acids is 2. The van der Waals surface area contributed by atoms with E-state index in [-0.39, 0.29) is 23.5 Å². The first-order valence-corrected chi connectivity index (χ1v) is 8.35. The van der Waals surface area contributed by atoms with Crippen molar-refractivity contribution in [1.29, 1.82) is 0 Å². The van der Waals surface area contributed by atoms with E-state index in [0.29, 0.717) is 30.8 Å². The molecule has 1 aliphatic heterocycles. The zero-order chi connectivity index (χ0) is 18.0. The number of anilines is 1. The first-order valence-electron chi connectivity index (χ1n) is 8.35. The molecule has 1 unspecified atom stereocenters. The zero-order valence-electron chi connectivity index (χ0n) is 14.4. The van der Waals surface area contributed by atoms with E-state index in [0.717, 1.165) is 11.1 Å². The largest absolute Gasteiger partial charge is 0.352 e. The van der Waals surface area contributed by atoms with Gasteiger partial charge >= 0.3 is 0 Å². The lowest BCUT2D eigenvalue weighted by Crippen LogP contribution is -2.31. The van der Waals surface area contributed by atoms with Gasteiger partial charge < -0.3 is 10.2 Å². The lowest BCUT2D eigenvalue weighted by molar-refractivity contribution is -0.117. The van der Waals surface area contributed by atoms with Crippen molar-refractivity contribution in [2.45, 2.75) is 20.3 Å². The van der Waals surface area contributed by atoms with Gasteiger partial charge in [0.15, 0.2) is 0 Å². The predicted octanol–water partition coefficient (Wildman–Crippen LogP) is 3.23. The smallest absolute Gasteiger partial charge is 0.251 e. The fraction of sp³-hybridized carbons (Fsp3) is 0.300. The van der Waals surface area contributed by atoms with Crippen LogP contribution in [0.15, 0.2) is 42.5 Å². The quantitative estimate of drug-likeness (QED) is 0.929. The van der Waals surface area contributed by atoms with Crippen molar-refractivity contribution in [1.82, 2.24) is 5.32 Å². The van der Waals surface area contributed by atoms with Crippen LogP contribution in [-0.4, -0.2) is 24.9 Å². The SMILES string of the molecule is Cc1cc(C)cc(C(=O)NCC2CC(=O)N(c3ccc(F)cc3)C2)c1. The average Bonchev–Trinajstić information content (AvgIpc) is 2.93. The summed E-state index contributed by atoms with van der Waals surface area (Å²) in [6.07, 6.45) is 0.379. The lowest BCUT2D eigenvalue weighted by Gasteiger charge is -2.17. The van der Waals surface area contributed by atoms with E-state index in [1.165, 1.54) is 12.1 Å². The van der Waals surface area contributed by atoms with Crippen molar-refractivity contribution >= 4 is 17.5 Å². The van der Waals surface area contributed by atoms with Crippen molar-refractivity contribution in [3.8, 4) is 0 Å². The molecule has 5 heteroatoms. The Morgan fingerprint density at radius 2 is 1.80 bits per heavy atom. The minimum Gasteiger partial charge on any atom is -0.352 e. The number of amides is 2. The van der Waals surface area contributed by atoms with E-state index >= 15 is 0 Å². The summed E-state index contributed by atoms with van der Waals surface area (Å²) in [7, 11) is 0. The summed E-state index contributed by atoms with van der Waals surface area (Å²) < 4.78 is 13.0. The number of hydrogen-bond acceptors (Lipinski definition) is 2. The summed E-state index contributed by atoms with van der Waals surface area (Å²) in [6, 6.07) is 11.6. The molecule has 4 nitrogen and oxygen atoms in total. The Morgan fingerprint density at radius 1 is 1.16 bits per heavy atom. The summed E-state index contributed by atoms with van der Waals surface area (Å²) in [5.74, 6) is -0.406. The van der Waals surface area contributed by atoms with Gasteiger partial charge in [-0.15, -0.1) is 0 Å². The molecule has 0 bridgehead atoms. The summed E-state index contributed by atoms with van der Waals surface area (Å²) in [5, 5.41) is 2.92. The van der Waals surface area contributed by atoms with Crippen LogP contribution >= 0.6 is 0 Å². The van der Waals surface area contributed by atoms with Crippen LogP contribution in [0.25, 0.3) is 0 Å². The van der Waals surface area contributed by atoms with Gasteiger partial charge in [-0.2, -0.15) is 0 Å². The number of benzene rings is 2. The van der Waals surface area contributed by atoms with Crippen LogP contribution in [0.2, 0.25) is 0 Å². The second kappa shape index (κ2) is 7.05. The number of aryl methyl sites for hydroxylation is 2. The Labute approximate surface area is 146 Å². The molecular formula is C20H21FN2O2. The number of carbonyl (C=O) groups is 2. The van der Waals surface area contributed by atoms with E-state index in [1.54, 1.807) is 17.0 Å². The minimum atomic E-state index is -0.326. The normalized spacial score (nSPS) is 17.0. The molecule has 130 valence electrons. The number of nitrogens with one attached hydrogen (secondary N) is 1. The topological polar surface area (TPSA) is 49.4 Å². The highest BCUT2D eigenvalue weighted by molar-refractivity contribution is 5.96. The third kappa shape index (κ3) is 4.05. The Hall–Kier alpha value is -2.69. The summed E-state index contributed by atoms with van der Waals surface area (Å²) >= 11 is 0. The van der Waals surface area contributed by atoms with Crippen molar-refractivity contribution in [3.05, 3.63) is 65.0 Å². The number of nitrogens with zero attached hydrogens (tertiary/aromatic N) is 1. The molecule has 2 aromatic carbocycles. The van der Waals surface area contributed by atoms with Crippen LogP contribution in [0.3, 0.4) is 0 Å². The van der Waals surface area contributed by atoms with Gasteiger partial charge in [0, 0.05) is 36.7 Å². The maximum atomic E-state index is 13.0. The molecule has 1 saturated heterocycles. The Morgan fingerprint density at radius 3 is 2.44 bits per heavy atom. The average molecular weight is 340 g/mol. The number of halogens is 1. The van der Waals surface area contributed by atoms with Crippen LogP contribution < -0.4 is 10.2 Å². The van der Waals surface area contributed by atoms with Gasteiger partial charge in [-0.25, -0.2) is 4.39 Å². The zero-order valence-corrected chi connectivity index (χ0v) is 14.4. The van der Waals surface area contributed by atoms with Crippen LogP contribution in [0.5, 0.6) is 0 Å². The number of rotatable bonds is 4. The Bertz CT molecular complexity index is 782. The van der Waals surface area contributed by atoms with Crippen molar-refractivity contribution in [3.63, 3.8) is 0 Å². The maximum absolute atomic E-state index is 13.0. The van der Waals surface area contributed by atoms with Crippen molar-refractivity contribution in [2.24, 2.45) is 5.92 Å². The van der Waals surface area contributed by atoms with Crippen LogP contribution in [0.1, 0.15) is 27.9 Å². The van der Waals surface area contributed by atoms with Gasteiger partial charge in [-0.3, -0.25) is 9.59 Å². The van der Waals surface area contributed by atoms with Gasteiger partial charge in [-0.1, -0.05) is 17.2 Å². The molecular weight excluding hydrogens is 319 g/mol. The molecule has 0 spiro atoms. The molecule has 2 amide bonds. The molecule has 0 radical (unpaired) electrons. The summed E-state index contributed by atoms with van der Waals surface area (Å²) in [6.45, 7) is 4.88.